The van der Waals surface area contributed by atoms with Gasteiger partial charge in [-0.15, -0.1) is 0 Å². The summed E-state index contributed by atoms with van der Waals surface area (Å²) in [7, 11) is -2.85. The minimum absolute atomic E-state index is 0. The molecule has 8 heavy (non-hydrogen) atoms. The smallest absolute Gasteiger partial charge is 0.404 e. The third-order valence-electron chi connectivity index (χ3n) is 0.870. The van der Waals surface area contributed by atoms with Gasteiger partial charge in [-0.2, -0.15) is 0 Å². The first-order chi connectivity index (χ1) is 3.21. The molecule has 0 saturated heterocycles. The van der Waals surface area contributed by atoms with Gasteiger partial charge in [0.1, 0.15) is 0 Å². The van der Waals surface area contributed by atoms with Crippen molar-refractivity contribution >= 4 is 7.37 Å². The number of rotatable bonds is 0. The molecule has 0 radical (unpaired) electrons. The Bertz CT molecular complexity index is 143. The van der Waals surface area contributed by atoms with Gasteiger partial charge in [-0.1, -0.05) is 6.42 Å². The van der Waals surface area contributed by atoms with Crippen LogP contribution in [0.15, 0.2) is 6.08 Å². The van der Waals surface area contributed by atoms with Gasteiger partial charge in [0, 0.05) is 0 Å². The van der Waals surface area contributed by atoms with Crippen LogP contribution in [0.5, 0.6) is 0 Å². The predicted octanol–water partition coefficient (Wildman–Crippen LogP) is 0.975. The van der Waals surface area contributed by atoms with Crippen LogP contribution in [-0.2, 0) is 21.6 Å². The first kappa shape index (κ1) is 8.45. The fraction of sp³-hybridized carbons (Fsp3) is 0.500. The Morgan fingerprint density at radius 3 is 2.50 bits per heavy atom. The molecule has 0 aromatic rings. The molecule has 1 aliphatic rings. The van der Waals surface area contributed by atoms with E-state index >= 15 is 0 Å². The van der Waals surface area contributed by atoms with Crippen molar-refractivity contribution in [3.8, 4) is 0 Å². The maximum Gasteiger partial charge on any atom is 1.00 e. The maximum atomic E-state index is 10.4. The first-order valence-corrected chi connectivity index (χ1v) is 3.96. The summed E-state index contributed by atoms with van der Waals surface area (Å²) in [5.41, 5.74) is 0. The van der Waals surface area contributed by atoms with Crippen molar-refractivity contribution in [3.63, 3.8) is 0 Å². The van der Waals surface area contributed by atoms with Crippen LogP contribution in [0.25, 0.3) is 0 Å². The molecular weight excluding hydrogens is 175 g/mol. The van der Waals surface area contributed by atoms with Crippen LogP contribution in [0.1, 0.15) is 6.42 Å². The number of hydrogen-bond donors (Lipinski definition) is 1. The molecule has 2 nitrogen and oxygen atoms in total. The van der Waals surface area contributed by atoms with Crippen LogP contribution in [0.2, 0.25) is 0 Å². The maximum absolute atomic E-state index is 10.4. The van der Waals surface area contributed by atoms with Crippen LogP contribution >= 0.6 is 7.37 Å². The summed E-state index contributed by atoms with van der Waals surface area (Å²) >= 11 is 0. The van der Waals surface area contributed by atoms with Gasteiger partial charge < -0.3 is 15.3 Å². The minimum Gasteiger partial charge on any atom is -0.404 e. The summed E-state index contributed by atoms with van der Waals surface area (Å²) in [6.45, 7) is 0. The Morgan fingerprint density at radius 1 is 1.75 bits per heavy atom. The van der Waals surface area contributed by atoms with Crippen LogP contribution in [-0.4, -0.2) is 11.1 Å². The molecular formula is C4H6CuO2P. The quantitative estimate of drug-likeness (QED) is 0.343. The second kappa shape index (κ2) is 2.84. The fourth-order valence-corrected chi connectivity index (χ4v) is 1.53. The van der Waals surface area contributed by atoms with Crippen molar-refractivity contribution in [2.75, 3.05) is 6.16 Å². The Kier molecular flexibility index (Phi) is 3.00. The van der Waals surface area contributed by atoms with Crippen molar-refractivity contribution in [2.24, 2.45) is 0 Å². The molecule has 1 unspecified atom stereocenters. The monoisotopic (exact) mass is 180 g/mol. The molecule has 0 aromatic heterocycles. The molecule has 1 N–H and O–H groups in total. The summed E-state index contributed by atoms with van der Waals surface area (Å²) in [5, 5.41) is 0. The average molecular weight is 181 g/mol. The zero-order valence-electron chi connectivity index (χ0n) is 4.10. The zero-order chi connectivity index (χ0) is 5.33. The van der Waals surface area contributed by atoms with Crippen LogP contribution in [0.3, 0.4) is 0 Å². The van der Waals surface area contributed by atoms with Gasteiger partial charge in [-0.25, -0.2) is 0 Å². The molecule has 1 atom stereocenters. The minimum atomic E-state index is -2.85. The summed E-state index contributed by atoms with van der Waals surface area (Å²) in [5.74, 6) is 2.38. The van der Waals surface area contributed by atoms with Gasteiger partial charge in [0.25, 0.3) is 0 Å². The van der Waals surface area contributed by atoms with Gasteiger partial charge in [0.05, 0.1) is 7.37 Å². The van der Waals surface area contributed by atoms with Crippen molar-refractivity contribution < 1.29 is 26.5 Å². The largest absolute Gasteiger partial charge is 1.00 e. The Balaban J connectivity index is 0.000000490. The van der Waals surface area contributed by atoms with Crippen molar-refractivity contribution in [2.45, 2.75) is 6.42 Å². The van der Waals surface area contributed by atoms with E-state index in [1.54, 1.807) is 6.08 Å². The second-order valence-corrected chi connectivity index (χ2v) is 3.66. The van der Waals surface area contributed by atoms with Crippen LogP contribution in [0, 0.1) is 5.82 Å². The van der Waals surface area contributed by atoms with Crippen LogP contribution in [0.4, 0.5) is 0 Å². The van der Waals surface area contributed by atoms with Crippen LogP contribution < -0.4 is 0 Å². The van der Waals surface area contributed by atoms with E-state index in [0.717, 1.165) is 0 Å². The molecule has 0 fully saturated rings. The molecule has 1 rings (SSSR count). The molecule has 0 saturated carbocycles. The molecule has 0 spiro atoms. The van der Waals surface area contributed by atoms with E-state index in [0.29, 0.717) is 12.6 Å². The Morgan fingerprint density at radius 2 is 2.38 bits per heavy atom. The van der Waals surface area contributed by atoms with Crippen molar-refractivity contribution in [3.05, 3.63) is 11.9 Å². The van der Waals surface area contributed by atoms with E-state index in [4.69, 9.17) is 4.89 Å². The molecule has 50 valence electrons. The fourth-order valence-electron chi connectivity index (χ4n) is 0.511. The number of hydrogen-bond acceptors (Lipinski definition) is 1. The predicted molar refractivity (Wildman–Crippen MR) is 27.1 cm³/mol. The topological polar surface area (TPSA) is 37.3 Å². The zero-order valence-corrected chi connectivity index (χ0v) is 5.93. The van der Waals surface area contributed by atoms with E-state index in [2.05, 4.69) is 5.82 Å². The SMILES string of the molecule is O=P1(O)[C-]=CCC1.[Cu+]. The van der Waals surface area contributed by atoms with Crippen molar-refractivity contribution in [1.82, 2.24) is 0 Å². The van der Waals surface area contributed by atoms with E-state index in [1.165, 1.54) is 0 Å². The Labute approximate surface area is 58.9 Å². The molecule has 0 aliphatic carbocycles. The third-order valence-corrected chi connectivity index (χ3v) is 2.32. The first-order valence-electron chi connectivity index (χ1n) is 2.12. The van der Waals surface area contributed by atoms with Gasteiger partial charge in [0.2, 0.25) is 0 Å². The second-order valence-electron chi connectivity index (χ2n) is 1.55. The normalized spacial score (nSPS) is 34.6. The molecule has 1 aliphatic heterocycles. The van der Waals surface area contributed by atoms with E-state index in [-0.39, 0.29) is 17.1 Å². The summed E-state index contributed by atoms with van der Waals surface area (Å²) < 4.78 is 10.4. The average Bonchev–Trinajstić information content (AvgIpc) is 1.84. The Hall–Kier alpha value is 0.449. The van der Waals surface area contributed by atoms with E-state index in [9.17, 15) is 4.57 Å². The van der Waals surface area contributed by atoms with E-state index < -0.39 is 7.37 Å². The van der Waals surface area contributed by atoms with Gasteiger partial charge in [-0.05, 0) is 6.16 Å². The molecule has 4 heteroatoms. The third kappa shape index (κ3) is 2.14. The molecule has 0 bridgehead atoms. The molecule has 1 heterocycles. The summed E-state index contributed by atoms with van der Waals surface area (Å²) in [6, 6.07) is 0. The standard InChI is InChI=1S/C4H6O2P.Cu/c5-7(6)3-1-2-4-7;/h1H,2,4H2,(H,5,6);/q-1;+1. The summed E-state index contributed by atoms with van der Waals surface area (Å²) in [4.78, 5) is 8.61. The van der Waals surface area contributed by atoms with E-state index in [1.807, 2.05) is 0 Å². The van der Waals surface area contributed by atoms with Gasteiger partial charge in [-0.3, -0.25) is 6.08 Å². The van der Waals surface area contributed by atoms with Crippen molar-refractivity contribution in [1.29, 1.82) is 0 Å². The van der Waals surface area contributed by atoms with Gasteiger partial charge >= 0.3 is 17.1 Å². The van der Waals surface area contributed by atoms with Gasteiger partial charge in [0.15, 0.2) is 0 Å². The molecule has 0 amide bonds. The summed E-state index contributed by atoms with van der Waals surface area (Å²) in [6.07, 6.45) is 2.74. The number of allylic oxidation sites excluding steroid dienone is 1. The molecule has 0 aromatic carbocycles.